The van der Waals surface area contributed by atoms with E-state index in [-0.39, 0.29) is 5.91 Å². The minimum Gasteiger partial charge on any atom is -0.457 e. The second kappa shape index (κ2) is 2.86. The van der Waals surface area contributed by atoms with Gasteiger partial charge in [0, 0.05) is 19.2 Å². The van der Waals surface area contributed by atoms with Gasteiger partial charge in [0.05, 0.1) is 5.56 Å². The molecule has 1 aromatic heterocycles. The highest BCUT2D eigenvalue weighted by atomic mass is 79.9. The highest BCUT2D eigenvalue weighted by molar-refractivity contribution is 9.10. The van der Waals surface area contributed by atoms with Gasteiger partial charge in [0.15, 0.2) is 4.67 Å². The van der Waals surface area contributed by atoms with E-state index in [0.29, 0.717) is 10.2 Å². The molecule has 1 aliphatic carbocycles. The number of amides is 1. The molecule has 0 radical (unpaired) electrons. The van der Waals surface area contributed by atoms with Crippen molar-refractivity contribution in [2.24, 2.45) is 11.8 Å². The number of piperidine rings is 1. The Bertz CT molecular complexity index is 377. The Labute approximate surface area is 90.2 Å². The van der Waals surface area contributed by atoms with Gasteiger partial charge in [0.1, 0.15) is 6.26 Å². The van der Waals surface area contributed by atoms with Crippen molar-refractivity contribution in [2.45, 2.75) is 6.42 Å². The van der Waals surface area contributed by atoms with E-state index in [0.717, 1.165) is 24.9 Å². The van der Waals surface area contributed by atoms with E-state index in [1.807, 2.05) is 4.90 Å². The van der Waals surface area contributed by atoms with Crippen molar-refractivity contribution in [2.75, 3.05) is 13.1 Å². The van der Waals surface area contributed by atoms with Gasteiger partial charge in [-0.2, -0.15) is 0 Å². The van der Waals surface area contributed by atoms with Crippen LogP contribution < -0.4 is 0 Å². The second-order valence-electron chi connectivity index (χ2n) is 4.11. The molecule has 2 unspecified atom stereocenters. The van der Waals surface area contributed by atoms with Crippen molar-refractivity contribution in [1.82, 2.24) is 4.90 Å². The van der Waals surface area contributed by atoms with E-state index >= 15 is 0 Å². The number of likely N-dealkylation sites (tertiary alicyclic amines) is 1. The average molecular weight is 256 g/mol. The minimum atomic E-state index is 0.103. The van der Waals surface area contributed by atoms with Crippen molar-refractivity contribution < 1.29 is 9.21 Å². The smallest absolute Gasteiger partial charge is 0.257 e. The lowest BCUT2D eigenvalue weighted by molar-refractivity contribution is 0.0775. The van der Waals surface area contributed by atoms with E-state index in [2.05, 4.69) is 15.9 Å². The molecule has 2 fully saturated rings. The molecular weight excluding hydrogens is 246 g/mol. The molecule has 4 heteroatoms. The Morgan fingerprint density at radius 1 is 1.50 bits per heavy atom. The fourth-order valence-electron chi connectivity index (χ4n) is 2.17. The van der Waals surface area contributed by atoms with Crippen LogP contribution >= 0.6 is 15.9 Å². The summed E-state index contributed by atoms with van der Waals surface area (Å²) < 4.78 is 5.67. The summed E-state index contributed by atoms with van der Waals surface area (Å²) >= 11 is 3.19. The van der Waals surface area contributed by atoms with E-state index in [1.54, 1.807) is 6.07 Å². The SMILES string of the molecule is O=C(c1coc(Br)c1)N1CC2CC2C1. The van der Waals surface area contributed by atoms with Crippen molar-refractivity contribution >= 4 is 21.8 Å². The number of hydrogen-bond donors (Lipinski definition) is 0. The number of hydrogen-bond acceptors (Lipinski definition) is 2. The highest BCUT2D eigenvalue weighted by Crippen LogP contribution is 2.45. The van der Waals surface area contributed by atoms with E-state index < -0.39 is 0 Å². The number of fused-ring (bicyclic) bond motifs is 1. The van der Waals surface area contributed by atoms with E-state index in [9.17, 15) is 4.79 Å². The van der Waals surface area contributed by atoms with E-state index in [4.69, 9.17) is 4.42 Å². The van der Waals surface area contributed by atoms with Gasteiger partial charge in [0.2, 0.25) is 0 Å². The van der Waals surface area contributed by atoms with Gasteiger partial charge >= 0.3 is 0 Å². The Balaban J connectivity index is 1.76. The van der Waals surface area contributed by atoms with Crippen molar-refractivity contribution in [3.05, 3.63) is 22.6 Å². The van der Waals surface area contributed by atoms with Crippen LogP contribution in [0.2, 0.25) is 0 Å². The molecule has 0 N–H and O–H groups in total. The standard InChI is InChI=1S/C10H10BrNO2/c11-9-2-8(5-14-9)10(13)12-3-6-1-7(6)4-12/h2,5-7H,1,3-4H2. The van der Waals surface area contributed by atoms with Crippen LogP contribution in [-0.2, 0) is 0 Å². The Hall–Kier alpha value is -0.770. The second-order valence-corrected chi connectivity index (χ2v) is 4.89. The molecule has 1 saturated carbocycles. The first-order chi connectivity index (χ1) is 6.74. The molecule has 2 atom stereocenters. The third-order valence-electron chi connectivity index (χ3n) is 3.08. The molecule has 0 spiro atoms. The molecule has 3 rings (SSSR count). The van der Waals surface area contributed by atoms with E-state index in [1.165, 1.54) is 12.7 Å². The quantitative estimate of drug-likeness (QED) is 0.771. The molecular formula is C10H10BrNO2. The summed E-state index contributed by atoms with van der Waals surface area (Å²) in [5, 5.41) is 0. The van der Waals surface area contributed by atoms with Crippen LogP contribution in [0.25, 0.3) is 0 Å². The van der Waals surface area contributed by atoms with Gasteiger partial charge in [0.25, 0.3) is 5.91 Å². The zero-order valence-corrected chi connectivity index (χ0v) is 9.16. The number of carbonyl (C=O) groups excluding carboxylic acids is 1. The first kappa shape index (κ1) is 8.53. The van der Waals surface area contributed by atoms with Crippen molar-refractivity contribution in [1.29, 1.82) is 0 Å². The van der Waals surface area contributed by atoms with Gasteiger partial charge < -0.3 is 9.32 Å². The minimum absolute atomic E-state index is 0.103. The predicted octanol–water partition coefficient (Wildman–Crippen LogP) is 2.13. The zero-order chi connectivity index (χ0) is 9.71. The lowest BCUT2D eigenvalue weighted by Gasteiger charge is -2.16. The first-order valence-corrected chi connectivity index (χ1v) is 5.56. The van der Waals surface area contributed by atoms with Crippen LogP contribution in [-0.4, -0.2) is 23.9 Å². The van der Waals surface area contributed by atoms with Gasteiger partial charge in [-0.3, -0.25) is 4.79 Å². The van der Waals surface area contributed by atoms with Crippen LogP contribution in [0.1, 0.15) is 16.8 Å². The largest absolute Gasteiger partial charge is 0.457 e. The Kier molecular flexibility index (Phi) is 1.74. The third kappa shape index (κ3) is 1.29. The number of rotatable bonds is 1. The van der Waals surface area contributed by atoms with Gasteiger partial charge in [-0.1, -0.05) is 0 Å². The summed E-state index contributed by atoms with van der Waals surface area (Å²) in [5.74, 6) is 1.68. The van der Waals surface area contributed by atoms with Crippen molar-refractivity contribution in [3.63, 3.8) is 0 Å². The number of carbonyl (C=O) groups is 1. The fourth-order valence-corrected chi connectivity index (χ4v) is 2.51. The van der Waals surface area contributed by atoms with Crippen LogP contribution in [0.15, 0.2) is 21.4 Å². The summed E-state index contributed by atoms with van der Waals surface area (Å²) in [7, 11) is 0. The number of furan rings is 1. The van der Waals surface area contributed by atoms with Gasteiger partial charge in [-0.05, 0) is 34.2 Å². The summed E-state index contributed by atoms with van der Waals surface area (Å²) in [5.41, 5.74) is 0.651. The molecule has 2 heterocycles. The lowest BCUT2D eigenvalue weighted by atomic mass is 10.3. The number of halogens is 1. The maximum atomic E-state index is 11.9. The van der Waals surface area contributed by atoms with Gasteiger partial charge in [-0.25, -0.2) is 0 Å². The summed E-state index contributed by atoms with van der Waals surface area (Å²) in [6.07, 6.45) is 2.83. The molecule has 1 aliphatic heterocycles. The topological polar surface area (TPSA) is 33.5 Å². The summed E-state index contributed by atoms with van der Waals surface area (Å²) in [6, 6.07) is 1.73. The normalized spacial score (nSPS) is 29.1. The summed E-state index contributed by atoms with van der Waals surface area (Å²) in [4.78, 5) is 13.8. The maximum Gasteiger partial charge on any atom is 0.257 e. The molecule has 1 aromatic rings. The van der Waals surface area contributed by atoms with Crippen LogP contribution in [0, 0.1) is 11.8 Å². The first-order valence-electron chi connectivity index (χ1n) is 4.77. The van der Waals surface area contributed by atoms with Crippen LogP contribution in [0.3, 0.4) is 0 Å². The Morgan fingerprint density at radius 3 is 2.79 bits per heavy atom. The molecule has 0 bridgehead atoms. The van der Waals surface area contributed by atoms with Crippen LogP contribution in [0.4, 0.5) is 0 Å². The van der Waals surface area contributed by atoms with Crippen molar-refractivity contribution in [3.8, 4) is 0 Å². The number of nitrogens with zero attached hydrogens (tertiary/aromatic N) is 1. The highest BCUT2D eigenvalue weighted by Gasteiger charge is 2.46. The predicted molar refractivity (Wildman–Crippen MR) is 53.9 cm³/mol. The molecule has 74 valence electrons. The molecule has 14 heavy (non-hydrogen) atoms. The third-order valence-corrected chi connectivity index (χ3v) is 3.50. The molecule has 1 saturated heterocycles. The average Bonchev–Trinajstić information content (AvgIpc) is 2.64. The monoisotopic (exact) mass is 255 g/mol. The zero-order valence-electron chi connectivity index (χ0n) is 7.57. The van der Waals surface area contributed by atoms with Crippen LogP contribution in [0.5, 0.6) is 0 Å². The van der Waals surface area contributed by atoms with Gasteiger partial charge in [-0.15, -0.1) is 0 Å². The lowest BCUT2D eigenvalue weighted by Crippen LogP contribution is -2.29. The molecule has 1 amide bonds. The molecule has 3 nitrogen and oxygen atoms in total. The molecule has 2 aliphatic rings. The summed E-state index contributed by atoms with van der Waals surface area (Å²) in [6.45, 7) is 1.87. The molecule has 0 aromatic carbocycles. The fraction of sp³-hybridized carbons (Fsp3) is 0.500. The Morgan fingerprint density at radius 2 is 2.21 bits per heavy atom. The maximum absolute atomic E-state index is 11.9.